The van der Waals surface area contributed by atoms with Gasteiger partial charge in [-0.2, -0.15) is 9.98 Å². The molecule has 24 heavy (non-hydrogen) atoms. The molecule has 5 nitrogen and oxygen atoms in total. The van der Waals surface area contributed by atoms with Crippen molar-refractivity contribution in [3.05, 3.63) is 40.2 Å². The Hall–Kier alpha value is -1.72. The number of benzene rings is 1. The summed E-state index contributed by atoms with van der Waals surface area (Å²) in [7, 11) is 0. The zero-order valence-corrected chi connectivity index (χ0v) is 14.6. The van der Waals surface area contributed by atoms with Crippen molar-refractivity contribution in [2.45, 2.75) is 44.2 Å². The Balaban J connectivity index is 1.59. The number of nitrogens with zero attached hydrogens (tertiary/aromatic N) is 2. The fourth-order valence-corrected chi connectivity index (χ4v) is 3.78. The molecule has 1 aliphatic carbocycles. The number of oxazole rings is 1. The van der Waals surface area contributed by atoms with E-state index < -0.39 is 0 Å². The van der Waals surface area contributed by atoms with Crippen molar-refractivity contribution >= 4 is 40.7 Å². The monoisotopic (exact) mass is 364 g/mol. The standard InChI is InChI=1S/C17H18Cl2N4O/c18-12-5-4-11(8-13(12)19)9-20-16-17(6-2-1-3-7-17)23-14-15(22-16)24-10-21-14/h4-5,8,10,23H,1-3,6-7,9H2,(H,20,22). The van der Waals surface area contributed by atoms with Gasteiger partial charge in [0.1, 0.15) is 5.84 Å². The fourth-order valence-electron chi connectivity index (χ4n) is 3.46. The Morgan fingerprint density at radius 3 is 2.79 bits per heavy atom. The van der Waals surface area contributed by atoms with Gasteiger partial charge < -0.3 is 15.1 Å². The summed E-state index contributed by atoms with van der Waals surface area (Å²) >= 11 is 12.1. The molecule has 126 valence electrons. The van der Waals surface area contributed by atoms with Crippen LogP contribution in [0.15, 0.2) is 34.0 Å². The Labute approximate surface area is 150 Å². The third-order valence-corrected chi connectivity index (χ3v) is 5.46. The van der Waals surface area contributed by atoms with Crippen LogP contribution in [0, 0.1) is 0 Å². The minimum atomic E-state index is -0.182. The molecule has 0 saturated heterocycles. The summed E-state index contributed by atoms with van der Waals surface area (Å²) < 4.78 is 5.37. The van der Waals surface area contributed by atoms with Gasteiger partial charge in [-0.3, -0.25) is 0 Å². The lowest BCUT2D eigenvalue weighted by Gasteiger charge is -2.41. The highest BCUT2D eigenvalue weighted by Gasteiger charge is 2.41. The molecule has 1 aliphatic heterocycles. The molecule has 0 atom stereocenters. The zero-order chi connectivity index (χ0) is 16.6. The van der Waals surface area contributed by atoms with Crippen molar-refractivity contribution in [2.75, 3.05) is 5.32 Å². The highest BCUT2D eigenvalue weighted by molar-refractivity contribution is 6.42. The molecule has 2 heterocycles. The van der Waals surface area contributed by atoms with Crippen LogP contribution < -0.4 is 10.6 Å². The third-order valence-electron chi connectivity index (χ3n) is 4.72. The van der Waals surface area contributed by atoms with E-state index in [9.17, 15) is 0 Å². The number of rotatable bonds is 2. The predicted octanol–water partition coefficient (Wildman–Crippen LogP) is 4.93. The van der Waals surface area contributed by atoms with Gasteiger partial charge in [-0.25, -0.2) is 0 Å². The van der Waals surface area contributed by atoms with Crippen LogP contribution in [0.3, 0.4) is 0 Å². The van der Waals surface area contributed by atoms with Crippen molar-refractivity contribution in [2.24, 2.45) is 4.99 Å². The van der Waals surface area contributed by atoms with Crippen LogP contribution in [0.2, 0.25) is 10.0 Å². The van der Waals surface area contributed by atoms with Gasteiger partial charge in [0.2, 0.25) is 0 Å². The van der Waals surface area contributed by atoms with E-state index in [2.05, 4.69) is 15.6 Å². The van der Waals surface area contributed by atoms with Crippen molar-refractivity contribution < 1.29 is 4.42 Å². The van der Waals surface area contributed by atoms with E-state index in [1.165, 1.54) is 25.7 Å². The van der Waals surface area contributed by atoms with E-state index in [4.69, 9.17) is 32.6 Å². The number of aliphatic imine (C=N–C) groups is 1. The maximum atomic E-state index is 6.10. The average molecular weight is 365 g/mol. The van der Waals surface area contributed by atoms with E-state index in [0.29, 0.717) is 22.5 Å². The molecule has 0 amide bonds. The summed E-state index contributed by atoms with van der Waals surface area (Å²) in [4.78, 5) is 8.93. The van der Waals surface area contributed by atoms with Gasteiger partial charge in [0.15, 0.2) is 12.2 Å². The van der Waals surface area contributed by atoms with Gasteiger partial charge in [0.05, 0.1) is 15.6 Å². The number of fused-ring (bicyclic) bond motifs is 1. The molecule has 1 fully saturated rings. The Kier molecular flexibility index (Phi) is 4.14. The topological polar surface area (TPSA) is 62.5 Å². The van der Waals surface area contributed by atoms with Crippen molar-refractivity contribution in [1.82, 2.24) is 10.3 Å². The lowest BCUT2D eigenvalue weighted by molar-refractivity contribution is 0.394. The van der Waals surface area contributed by atoms with Crippen molar-refractivity contribution in [1.29, 1.82) is 0 Å². The number of anilines is 1. The summed E-state index contributed by atoms with van der Waals surface area (Å²) in [6.07, 6.45) is 7.11. The molecule has 1 spiro atoms. The van der Waals surface area contributed by atoms with Crippen LogP contribution in [-0.4, -0.2) is 16.4 Å². The number of nitrogens with one attached hydrogen (secondary N) is 2. The molecule has 4 rings (SSSR count). The Morgan fingerprint density at radius 2 is 2.00 bits per heavy atom. The SMILES string of the molecule is Clc1ccc(CNC2=Nc3ocnc3NC23CCCCC3)cc1Cl. The first-order chi connectivity index (χ1) is 11.7. The number of aromatic nitrogens is 1. The molecule has 0 bridgehead atoms. The smallest absolute Gasteiger partial charge is 0.265 e. The van der Waals surface area contributed by atoms with Crippen LogP contribution in [0.4, 0.5) is 11.7 Å². The third kappa shape index (κ3) is 2.87. The second kappa shape index (κ2) is 6.30. The number of hydrogen-bond acceptors (Lipinski definition) is 5. The van der Waals surface area contributed by atoms with Crippen LogP contribution in [0.25, 0.3) is 0 Å². The molecule has 1 saturated carbocycles. The van der Waals surface area contributed by atoms with Gasteiger partial charge in [0, 0.05) is 6.54 Å². The van der Waals surface area contributed by atoms with Gasteiger partial charge in [-0.1, -0.05) is 48.5 Å². The lowest BCUT2D eigenvalue weighted by Crippen LogP contribution is -2.54. The summed E-state index contributed by atoms with van der Waals surface area (Å²) in [6, 6.07) is 5.65. The van der Waals surface area contributed by atoms with E-state index in [1.54, 1.807) is 0 Å². The number of halogens is 2. The summed E-state index contributed by atoms with van der Waals surface area (Å²) in [6.45, 7) is 0.628. The normalized spacial score (nSPS) is 18.7. The first kappa shape index (κ1) is 15.8. The van der Waals surface area contributed by atoms with Crippen LogP contribution >= 0.6 is 23.2 Å². The van der Waals surface area contributed by atoms with E-state index in [0.717, 1.165) is 30.1 Å². The predicted molar refractivity (Wildman–Crippen MR) is 96.3 cm³/mol. The maximum absolute atomic E-state index is 6.10. The molecule has 2 aliphatic rings. The van der Waals surface area contributed by atoms with Crippen molar-refractivity contribution in [3.8, 4) is 0 Å². The molecular weight excluding hydrogens is 347 g/mol. The van der Waals surface area contributed by atoms with Gasteiger partial charge >= 0.3 is 0 Å². The lowest BCUT2D eigenvalue weighted by atomic mass is 9.79. The zero-order valence-electron chi connectivity index (χ0n) is 13.1. The molecule has 2 aromatic rings. The van der Waals surface area contributed by atoms with Gasteiger partial charge in [-0.15, -0.1) is 0 Å². The second-order valence-electron chi connectivity index (χ2n) is 6.34. The minimum Gasteiger partial charge on any atom is -0.424 e. The fraction of sp³-hybridized carbons (Fsp3) is 0.412. The minimum absolute atomic E-state index is 0.182. The summed E-state index contributed by atoms with van der Waals surface area (Å²) in [5.74, 6) is 2.18. The molecule has 2 N–H and O–H groups in total. The first-order valence-electron chi connectivity index (χ1n) is 8.15. The van der Waals surface area contributed by atoms with Crippen LogP contribution in [0.5, 0.6) is 0 Å². The number of hydrogen-bond donors (Lipinski definition) is 2. The van der Waals surface area contributed by atoms with E-state index in [1.807, 2.05) is 18.2 Å². The van der Waals surface area contributed by atoms with Crippen LogP contribution in [-0.2, 0) is 6.54 Å². The average Bonchev–Trinajstić information content (AvgIpc) is 3.03. The highest BCUT2D eigenvalue weighted by Crippen LogP contribution is 2.39. The highest BCUT2D eigenvalue weighted by atomic mass is 35.5. The van der Waals surface area contributed by atoms with E-state index in [-0.39, 0.29) is 5.54 Å². The summed E-state index contributed by atoms with van der Waals surface area (Å²) in [5, 5.41) is 8.15. The molecule has 0 radical (unpaired) electrons. The Morgan fingerprint density at radius 1 is 1.17 bits per heavy atom. The molecule has 0 unspecified atom stereocenters. The molecular formula is C17H18Cl2N4O. The largest absolute Gasteiger partial charge is 0.424 e. The summed E-state index contributed by atoms with van der Waals surface area (Å²) in [5.41, 5.74) is 0.875. The Bertz CT molecular complexity index is 781. The molecule has 7 heteroatoms. The molecule has 1 aromatic heterocycles. The van der Waals surface area contributed by atoms with E-state index >= 15 is 0 Å². The second-order valence-corrected chi connectivity index (χ2v) is 7.15. The molecule has 1 aromatic carbocycles. The number of amidine groups is 1. The van der Waals surface area contributed by atoms with Gasteiger partial charge in [0.25, 0.3) is 5.88 Å². The maximum Gasteiger partial charge on any atom is 0.265 e. The van der Waals surface area contributed by atoms with Crippen molar-refractivity contribution in [3.63, 3.8) is 0 Å². The quantitative estimate of drug-likeness (QED) is 0.792. The van der Waals surface area contributed by atoms with Gasteiger partial charge in [-0.05, 0) is 30.5 Å². The first-order valence-corrected chi connectivity index (χ1v) is 8.90. The van der Waals surface area contributed by atoms with Crippen LogP contribution in [0.1, 0.15) is 37.7 Å².